The van der Waals surface area contributed by atoms with Crippen LogP contribution >= 0.6 is 0 Å². The van der Waals surface area contributed by atoms with Gasteiger partial charge in [-0.25, -0.2) is 0 Å². The van der Waals surface area contributed by atoms with Gasteiger partial charge in [0.05, 0.1) is 11.4 Å². The van der Waals surface area contributed by atoms with Crippen molar-refractivity contribution in [1.82, 2.24) is 15.1 Å². The fraction of sp³-hybridized carbons (Fsp3) is 0.727. The second kappa shape index (κ2) is 5.75. The van der Waals surface area contributed by atoms with Crippen LogP contribution in [-0.4, -0.2) is 37.0 Å². The van der Waals surface area contributed by atoms with E-state index in [4.69, 9.17) is 5.73 Å². The highest BCUT2D eigenvalue weighted by atomic mass is 15.4. The van der Waals surface area contributed by atoms with Gasteiger partial charge in [-0.15, -0.1) is 0 Å². The predicted octanol–water partition coefficient (Wildman–Crippen LogP) is 0.610. The Kier molecular flexibility index (Phi) is 4.61. The first-order valence-electron chi connectivity index (χ1n) is 5.78. The maximum atomic E-state index is 6.08. The molecule has 1 aromatic rings. The van der Waals surface area contributed by atoms with Crippen molar-refractivity contribution in [3.63, 3.8) is 0 Å². The summed E-state index contributed by atoms with van der Waals surface area (Å²) in [6.45, 7) is 4.07. The van der Waals surface area contributed by atoms with Crippen molar-refractivity contribution in [2.75, 3.05) is 37.8 Å². The van der Waals surface area contributed by atoms with Gasteiger partial charge in [-0.05, 0) is 26.4 Å². The molecule has 0 bridgehead atoms. The van der Waals surface area contributed by atoms with Gasteiger partial charge in [-0.3, -0.25) is 4.68 Å². The lowest BCUT2D eigenvalue weighted by Gasteiger charge is -2.19. The molecule has 16 heavy (non-hydrogen) atoms. The molecule has 1 rings (SSSR count). The first-order chi connectivity index (χ1) is 7.61. The Balaban J connectivity index is 2.74. The summed E-state index contributed by atoms with van der Waals surface area (Å²) in [6, 6.07) is 0. The van der Waals surface area contributed by atoms with Gasteiger partial charge in [-0.1, -0.05) is 6.92 Å². The van der Waals surface area contributed by atoms with Crippen LogP contribution in [0.25, 0.3) is 0 Å². The number of hydrogen-bond donors (Lipinski definition) is 2. The van der Waals surface area contributed by atoms with Crippen LogP contribution in [0.5, 0.6) is 0 Å². The monoisotopic (exact) mass is 225 g/mol. The Morgan fingerprint density at radius 2 is 2.19 bits per heavy atom. The Labute approximate surface area is 97.6 Å². The first-order valence-corrected chi connectivity index (χ1v) is 5.78. The molecular weight excluding hydrogens is 202 g/mol. The number of nitrogen functional groups attached to an aromatic ring is 1. The third-order valence-corrected chi connectivity index (χ3v) is 2.75. The third kappa shape index (κ3) is 2.66. The summed E-state index contributed by atoms with van der Waals surface area (Å²) in [7, 11) is 5.97. The van der Waals surface area contributed by atoms with E-state index in [1.165, 1.54) is 0 Å². The van der Waals surface area contributed by atoms with Crippen LogP contribution in [0, 0.1) is 0 Å². The molecule has 0 spiro atoms. The zero-order chi connectivity index (χ0) is 12.1. The highest BCUT2D eigenvalue weighted by Crippen LogP contribution is 2.25. The average molecular weight is 225 g/mol. The Hall–Kier alpha value is -1.23. The molecule has 5 nitrogen and oxygen atoms in total. The fourth-order valence-electron chi connectivity index (χ4n) is 1.90. The van der Waals surface area contributed by atoms with Crippen molar-refractivity contribution in [2.45, 2.75) is 19.8 Å². The fourth-order valence-corrected chi connectivity index (χ4v) is 1.90. The van der Waals surface area contributed by atoms with Crippen molar-refractivity contribution >= 4 is 11.5 Å². The van der Waals surface area contributed by atoms with Gasteiger partial charge in [0, 0.05) is 20.6 Å². The van der Waals surface area contributed by atoms with E-state index in [9.17, 15) is 0 Å². The van der Waals surface area contributed by atoms with Crippen LogP contribution in [0.4, 0.5) is 11.5 Å². The molecule has 5 heteroatoms. The highest BCUT2D eigenvalue weighted by Gasteiger charge is 2.14. The smallest absolute Gasteiger partial charge is 0.150 e. The van der Waals surface area contributed by atoms with Crippen LogP contribution in [0.2, 0.25) is 0 Å². The molecule has 3 N–H and O–H groups in total. The van der Waals surface area contributed by atoms with Crippen LogP contribution in [0.15, 0.2) is 0 Å². The molecule has 0 radical (unpaired) electrons. The minimum absolute atomic E-state index is 0.817. The van der Waals surface area contributed by atoms with Crippen LogP contribution in [0.1, 0.15) is 19.0 Å². The molecular formula is C11H23N5. The van der Waals surface area contributed by atoms with E-state index in [0.29, 0.717) is 0 Å². The van der Waals surface area contributed by atoms with Crippen molar-refractivity contribution < 1.29 is 0 Å². The number of aromatic nitrogens is 2. The van der Waals surface area contributed by atoms with Gasteiger partial charge in [0.25, 0.3) is 0 Å². The van der Waals surface area contributed by atoms with Crippen molar-refractivity contribution in [3.8, 4) is 0 Å². The molecule has 92 valence electrons. The lowest BCUT2D eigenvalue weighted by atomic mass is 10.3. The zero-order valence-corrected chi connectivity index (χ0v) is 10.7. The Morgan fingerprint density at radius 3 is 2.69 bits per heavy atom. The molecule has 0 saturated heterocycles. The highest BCUT2D eigenvalue weighted by molar-refractivity contribution is 5.66. The molecule has 1 aromatic heterocycles. The summed E-state index contributed by atoms with van der Waals surface area (Å²) >= 11 is 0. The maximum Gasteiger partial charge on any atom is 0.150 e. The molecule has 0 saturated carbocycles. The van der Waals surface area contributed by atoms with Gasteiger partial charge in [0.2, 0.25) is 0 Å². The predicted molar refractivity (Wildman–Crippen MR) is 68.8 cm³/mol. The quantitative estimate of drug-likeness (QED) is 0.696. The summed E-state index contributed by atoms with van der Waals surface area (Å²) in [5.74, 6) is 1.02. The second-order valence-corrected chi connectivity index (χ2v) is 4.04. The number of rotatable bonds is 6. The summed E-state index contributed by atoms with van der Waals surface area (Å²) < 4.78 is 1.87. The molecule has 0 aliphatic carbocycles. The molecule has 0 fully saturated rings. The topological polar surface area (TPSA) is 59.1 Å². The van der Waals surface area contributed by atoms with Gasteiger partial charge < -0.3 is 16.0 Å². The number of hydrogen-bond acceptors (Lipinski definition) is 4. The maximum absolute atomic E-state index is 6.08. The van der Waals surface area contributed by atoms with Crippen molar-refractivity contribution in [1.29, 1.82) is 0 Å². The Bertz CT molecular complexity index is 331. The van der Waals surface area contributed by atoms with E-state index in [1.54, 1.807) is 0 Å². The largest absolute Gasteiger partial charge is 0.394 e. The minimum atomic E-state index is 0.817. The third-order valence-electron chi connectivity index (χ3n) is 2.75. The van der Waals surface area contributed by atoms with Crippen LogP contribution in [-0.2, 0) is 13.5 Å². The van der Waals surface area contributed by atoms with Gasteiger partial charge in [0.15, 0.2) is 0 Å². The van der Waals surface area contributed by atoms with E-state index in [2.05, 4.69) is 29.3 Å². The molecule has 0 aliphatic heterocycles. The lowest BCUT2D eigenvalue weighted by molar-refractivity contribution is 0.681. The second-order valence-electron chi connectivity index (χ2n) is 4.04. The molecule has 0 aliphatic rings. The molecule has 0 atom stereocenters. The molecule has 0 amide bonds. The van der Waals surface area contributed by atoms with Crippen LogP contribution < -0.4 is 16.0 Å². The van der Waals surface area contributed by atoms with Gasteiger partial charge in [-0.2, -0.15) is 5.10 Å². The average Bonchev–Trinajstić information content (AvgIpc) is 2.54. The summed E-state index contributed by atoms with van der Waals surface area (Å²) in [5.41, 5.74) is 7.88. The minimum Gasteiger partial charge on any atom is -0.394 e. The summed E-state index contributed by atoms with van der Waals surface area (Å²) in [5, 5.41) is 7.55. The van der Waals surface area contributed by atoms with Crippen LogP contribution in [0.3, 0.4) is 0 Å². The van der Waals surface area contributed by atoms with E-state index in [0.717, 1.165) is 43.1 Å². The lowest BCUT2D eigenvalue weighted by Crippen LogP contribution is -2.24. The van der Waals surface area contributed by atoms with Gasteiger partial charge in [0.1, 0.15) is 5.82 Å². The number of nitrogens with one attached hydrogen (secondary N) is 1. The number of nitrogens with zero attached hydrogens (tertiary/aromatic N) is 3. The first kappa shape index (κ1) is 12.8. The molecule has 1 heterocycles. The Morgan fingerprint density at radius 1 is 1.50 bits per heavy atom. The van der Waals surface area contributed by atoms with Crippen molar-refractivity contribution in [3.05, 3.63) is 5.69 Å². The van der Waals surface area contributed by atoms with E-state index in [1.807, 2.05) is 18.8 Å². The number of nitrogens with two attached hydrogens (primary N) is 1. The van der Waals surface area contributed by atoms with E-state index >= 15 is 0 Å². The van der Waals surface area contributed by atoms with E-state index in [-0.39, 0.29) is 0 Å². The standard InChI is InChI=1S/C11H23N5/c1-5-9-10(12)11(16(4)14-9)15(3)8-6-7-13-2/h13H,5-8,12H2,1-4H3. The normalized spacial score (nSPS) is 10.8. The van der Waals surface area contributed by atoms with E-state index < -0.39 is 0 Å². The molecule has 0 aromatic carbocycles. The SMILES string of the molecule is CCc1nn(C)c(N(C)CCCNC)c1N. The van der Waals surface area contributed by atoms with Gasteiger partial charge >= 0.3 is 0 Å². The number of anilines is 2. The number of aryl methyl sites for hydroxylation is 2. The molecule has 0 unspecified atom stereocenters. The summed E-state index contributed by atoms with van der Waals surface area (Å²) in [6.07, 6.45) is 1.98. The zero-order valence-electron chi connectivity index (χ0n) is 10.7. The summed E-state index contributed by atoms with van der Waals surface area (Å²) in [4.78, 5) is 2.17. The van der Waals surface area contributed by atoms with Crippen molar-refractivity contribution in [2.24, 2.45) is 7.05 Å².